The Balaban J connectivity index is 1.74. The third-order valence-electron chi connectivity index (χ3n) is 4.27. The van der Waals surface area contributed by atoms with E-state index in [4.69, 9.17) is 5.73 Å². The molecule has 1 saturated heterocycles. The van der Waals surface area contributed by atoms with E-state index in [0.29, 0.717) is 22.7 Å². The van der Waals surface area contributed by atoms with E-state index in [1.807, 2.05) is 16.3 Å². The summed E-state index contributed by atoms with van der Waals surface area (Å²) in [6.45, 7) is 1.23. The lowest BCUT2D eigenvalue weighted by Crippen LogP contribution is -2.47. The summed E-state index contributed by atoms with van der Waals surface area (Å²) in [6, 6.07) is 10.8. The summed E-state index contributed by atoms with van der Waals surface area (Å²) in [6.07, 6.45) is 3.08. The topological polar surface area (TPSA) is 75.4 Å². The van der Waals surface area contributed by atoms with Crippen molar-refractivity contribution in [2.24, 2.45) is 5.73 Å². The van der Waals surface area contributed by atoms with Gasteiger partial charge in [-0.1, -0.05) is 12.1 Å². The summed E-state index contributed by atoms with van der Waals surface area (Å²) < 4.78 is 0. The fourth-order valence-corrected chi connectivity index (χ4v) is 3.63. The van der Waals surface area contributed by atoms with E-state index in [0.717, 1.165) is 25.8 Å². The molecule has 1 fully saturated rings. The van der Waals surface area contributed by atoms with Gasteiger partial charge in [-0.05, 0) is 48.9 Å². The first-order valence-electron chi connectivity index (χ1n) is 8.15. The largest absolute Gasteiger partial charge is 0.334 e. The van der Waals surface area contributed by atoms with Crippen LogP contribution in [0.25, 0.3) is 0 Å². The molecule has 0 aliphatic carbocycles. The summed E-state index contributed by atoms with van der Waals surface area (Å²) in [5.41, 5.74) is 7.02. The molecular formula is C18H21N3O2S. The van der Waals surface area contributed by atoms with Crippen molar-refractivity contribution in [3.8, 4) is 0 Å². The molecule has 2 heterocycles. The molecule has 5 nitrogen and oxygen atoms in total. The van der Waals surface area contributed by atoms with E-state index >= 15 is 0 Å². The number of nitrogens with two attached hydrogens (primary N) is 1. The van der Waals surface area contributed by atoms with Crippen LogP contribution in [0.1, 0.15) is 39.3 Å². The first kappa shape index (κ1) is 16.7. The van der Waals surface area contributed by atoms with E-state index < -0.39 is 0 Å². The van der Waals surface area contributed by atoms with Gasteiger partial charge in [-0.15, -0.1) is 11.3 Å². The van der Waals surface area contributed by atoms with Crippen molar-refractivity contribution in [1.82, 2.24) is 4.90 Å². The van der Waals surface area contributed by atoms with Crippen LogP contribution in [0.15, 0.2) is 41.8 Å². The summed E-state index contributed by atoms with van der Waals surface area (Å²) in [4.78, 5) is 27.4. The number of amides is 2. The highest BCUT2D eigenvalue weighted by Crippen LogP contribution is 2.21. The molecule has 3 N–H and O–H groups in total. The maximum Gasteiger partial charge on any atom is 0.265 e. The molecule has 1 unspecified atom stereocenters. The van der Waals surface area contributed by atoms with E-state index in [-0.39, 0.29) is 17.9 Å². The molecular weight excluding hydrogens is 322 g/mol. The fourth-order valence-electron chi connectivity index (χ4n) is 3.01. The second kappa shape index (κ2) is 7.59. The molecule has 1 aliphatic heterocycles. The standard InChI is InChI=1S/C18H21N3O2S/c19-12-15-7-1-2-9-21(15)18(23)13-5-3-6-14(11-13)20-17(22)16-8-4-10-24-16/h3-6,8,10-11,15H,1-2,7,9,12,19H2,(H,20,22). The first-order chi connectivity index (χ1) is 11.7. The SMILES string of the molecule is NCC1CCCCN1C(=O)c1cccc(NC(=O)c2cccs2)c1. The van der Waals surface area contributed by atoms with Gasteiger partial charge in [0, 0.05) is 30.4 Å². The molecule has 0 spiro atoms. The summed E-state index contributed by atoms with van der Waals surface area (Å²) >= 11 is 1.39. The quantitative estimate of drug-likeness (QED) is 0.896. The van der Waals surface area contributed by atoms with Gasteiger partial charge < -0.3 is 16.0 Å². The van der Waals surface area contributed by atoms with Crippen LogP contribution < -0.4 is 11.1 Å². The van der Waals surface area contributed by atoms with Gasteiger partial charge in [0.25, 0.3) is 11.8 Å². The minimum atomic E-state index is -0.160. The predicted molar refractivity (Wildman–Crippen MR) is 96.4 cm³/mol. The summed E-state index contributed by atoms with van der Waals surface area (Å²) in [5, 5.41) is 4.70. The summed E-state index contributed by atoms with van der Waals surface area (Å²) in [5.74, 6) is -0.176. The number of anilines is 1. The predicted octanol–water partition coefficient (Wildman–Crippen LogP) is 2.95. The Morgan fingerprint density at radius 2 is 2.12 bits per heavy atom. The van der Waals surface area contributed by atoms with E-state index in [1.165, 1.54) is 11.3 Å². The number of benzene rings is 1. The maximum atomic E-state index is 12.8. The Bertz CT molecular complexity index is 715. The molecule has 1 aromatic carbocycles. The molecule has 1 aliphatic rings. The van der Waals surface area contributed by atoms with Gasteiger partial charge in [-0.2, -0.15) is 0 Å². The normalized spacial score (nSPS) is 17.5. The Hall–Kier alpha value is -2.18. The lowest BCUT2D eigenvalue weighted by Gasteiger charge is -2.35. The third kappa shape index (κ3) is 3.66. The number of hydrogen-bond acceptors (Lipinski definition) is 4. The van der Waals surface area contributed by atoms with Gasteiger partial charge in [0.15, 0.2) is 0 Å². The molecule has 0 bridgehead atoms. The average molecular weight is 343 g/mol. The molecule has 6 heteroatoms. The molecule has 3 rings (SSSR count). The van der Waals surface area contributed by atoms with Crippen molar-refractivity contribution in [3.63, 3.8) is 0 Å². The molecule has 24 heavy (non-hydrogen) atoms. The van der Waals surface area contributed by atoms with Gasteiger partial charge in [-0.25, -0.2) is 0 Å². The highest BCUT2D eigenvalue weighted by molar-refractivity contribution is 7.12. The fraction of sp³-hybridized carbons (Fsp3) is 0.333. The number of nitrogens with zero attached hydrogens (tertiary/aromatic N) is 1. The minimum Gasteiger partial charge on any atom is -0.334 e. The van der Waals surface area contributed by atoms with Crippen LogP contribution >= 0.6 is 11.3 Å². The smallest absolute Gasteiger partial charge is 0.265 e. The number of likely N-dealkylation sites (tertiary alicyclic amines) is 1. The van der Waals surface area contributed by atoms with Crippen LogP contribution in [-0.2, 0) is 0 Å². The highest BCUT2D eigenvalue weighted by Gasteiger charge is 2.26. The second-order valence-corrected chi connectivity index (χ2v) is 6.84. The number of carbonyl (C=O) groups excluding carboxylic acids is 2. The van der Waals surface area contributed by atoms with Crippen LogP contribution in [0.2, 0.25) is 0 Å². The number of nitrogens with one attached hydrogen (secondary N) is 1. The van der Waals surface area contributed by atoms with E-state index in [1.54, 1.807) is 30.3 Å². The number of carbonyl (C=O) groups is 2. The van der Waals surface area contributed by atoms with Crippen LogP contribution in [0.5, 0.6) is 0 Å². The van der Waals surface area contributed by atoms with Crippen LogP contribution in [-0.4, -0.2) is 35.8 Å². The monoisotopic (exact) mass is 343 g/mol. The molecule has 0 saturated carbocycles. The van der Waals surface area contributed by atoms with Gasteiger partial charge in [-0.3, -0.25) is 9.59 Å². The number of hydrogen-bond donors (Lipinski definition) is 2. The Morgan fingerprint density at radius 3 is 2.88 bits per heavy atom. The van der Waals surface area contributed by atoms with E-state index in [9.17, 15) is 9.59 Å². The van der Waals surface area contributed by atoms with Crippen molar-refractivity contribution in [3.05, 3.63) is 52.2 Å². The zero-order valence-electron chi connectivity index (χ0n) is 13.4. The molecule has 2 aromatic rings. The zero-order chi connectivity index (χ0) is 16.9. The van der Waals surface area contributed by atoms with Crippen molar-refractivity contribution < 1.29 is 9.59 Å². The summed E-state index contributed by atoms with van der Waals surface area (Å²) in [7, 11) is 0. The lowest BCUT2D eigenvalue weighted by atomic mass is 10.0. The van der Waals surface area contributed by atoms with E-state index in [2.05, 4.69) is 5.32 Å². The van der Waals surface area contributed by atoms with Gasteiger partial charge in [0.1, 0.15) is 0 Å². The second-order valence-electron chi connectivity index (χ2n) is 5.90. The zero-order valence-corrected chi connectivity index (χ0v) is 14.2. The molecule has 126 valence electrons. The van der Waals surface area contributed by atoms with Crippen molar-refractivity contribution in [2.75, 3.05) is 18.4 Å². The first-order valence-corrected chi connectivity index (χ1v) is 9.03. The van der Waals surface area contributed by atoms with Crippen molar-refractivity contribution in [1.29, 1.82) is 0 Å². The average Bonchev–Trinajstić information content (AvgIpc) is 3.16. The molecule has 1 aromatic heterocycles. The lowest BCUT2D eigenvalue weighted by molar-refractivity contribution is 0.0623. The van der Waals surface area contributed by atoms with Gasteiger partial charge >= 0.3 is 0 Å². The number of rotatable bonds is 4. The maximum absolute atomic E-state index is 12.8. The number of piperidine rings is 1. The number of thiophene rings is 1. The van der Waals surface area contributed by atoms with Crippen molar-refractivity contribution in [2.45, 2.75) is 25.3 Å². The minimum absolute atomic E-state index is 0.0163. The van der Waals surface area contributed by atoms with Gasteiger partial charge in [0.05, 0.1) is 4.88 Å². The van der Waals surface area contributed by atoms with Gasteiger partial charge in [0.2, 0.25) is 0 Å². The highest BCUT2D eigenvalue weighted by atomic mass is 32.1. The van der Waals surface area contributed by atoms with Crippen molar-refractivity contribution >= 4 is 28.8 Å². The Labute approximate surface area is 145 Å². The Kier molecular flexibility index (Phi) is 5.27. The molecule has 0 radical (unpaired) electrons. The molecule has 1 atom stereocenters. The third-order valence-corrected chi connectivity index (χ3v) is 5.14. The van der Waals surface area contributed by atoms with Crippen LogP contribution in [0, 0.1) is 0 Å². The molecule has 2 amide bonds. The van der Waals surface area contributed by atoms with Crippen LogP contribution in [0.4, 0.5) is 5.69 Å². The Morgan fingerprint density at radius 1 is 1.25 bits per heavy atom. The van der Waals surface area contributed by atoms with Crippen LogP contribution in [0.3, 0.4) is 0 Å².